The summed E-state index contributed by atoms with van der Waals surface area (Å²) >= 11 is 0. The van der Waals surface area contributed by atoms with Gasteiger partial charge in [0.05, 0.1) is 0 Å². The van der Waals surface area contributed by atoms with Gasteiger partial charge in [-0.25, -0.2) is 0 Å². The van der Waals surface area contributed by atoms with Gasteiger partial charge in [-0.15, -0.1) is 0 Å². The van der Waals surface area contributed by atoms with Crippen LogP contribution in [0.15, 0.2) is 24.3 Å². The van der Waals surface area contributed by atoms with Crippen molar-refractivity contribution in [2.75, 3.05) is 0 Å². The topological polar surface area (TPSA) is 29.1 Å². The molecular formula is C16H25NO. The first-order chi connectivity index (χ1) is 8.58. The molecule has 0 bridgehead atoms. The molecule has 2 aliphatic carbocycles. The van der Waals surface area contributed by atoms with Crippen molar-refractivity contribution >= 4 is 5.91 Å². The van der Waals surface area contributed by atoms with Crippen LogP contribution in [0.1, 0.15) is 52.4 Å². The van der Waals surface area contributed by atoms with Gasteiger partial charge in [-0.3, -0.25) is 4.79 Å². The molecule has 0 radical (unpaired) electrons. The van der Waals surface area contributed by atoms with Crippen molar-refractivity contribution in [3.05, 3.63) is 24.3 Å². The molecule has 0 aliphatic heterocycles. The molecule has 1 fully saturated rings. The molecule has 100 valence electrons. The number of allylic oxidation sites excluding steroid dienone is 4. The molecule has 2 rings (SSSR count). The Balaban J connectivity index is 1.82. The Labute approximate surface area is 111 Å². The van der Waals surface area contributed by atoms with E-state index in [0.29, 0.717) is 18.4 Å². The van der Waals surface area contributed by atoms with E-state index in [9.17, 15) is 4.79 Å². The van der Waals surface area contributed by atoms with Crippen LogP contribution in [0.4, 0.5) is 0 Å². The van der Waals surface area contributed by atoms with E-state index in [-0.39, 0.29) is 11.3 Å². The van der Waals surface area contributed by atoms with Crippen LogP contribution in [0.5, 0.6) is 0 Å². The molecule has 0 aromatic heterocycles. The Bertz CT molecular complexity index is 336. The largest absolute Gasteiger partial charge is 0.353 e. The summed E-state index contributed by atoms with van der Waals surface area (Å²) in [5.41, 5.74) is 0.0161. The normalized spacial score (nSPS) is 21.4. The van der Waals surface area contributed by atoms with Crippen LogP contribution in [0.2, 0.25) is 0 Å². The van der Waals surface area contributed by atoms with Crippen LogP contribution in [-0.2, 0) is 4.79 Å². The van der Waals surface area contributed by atoms with E-state index in [1.54, 1.807) is 0 Å². The molecule has 0 spiro atoms. The highest BCUT2D eigenvalue weighted by Crippen LogP contribution is 2.35. The average Bonchev–Trinajstić information content (AvgIpc) is 2.83. The van der Waals surface area contributed by atoms with E-state index >= 15 is 0 Å². The predicted molar refractivity (Wildman–Crippen MR) is 75.2 cm³/mol. The summed E-state index contributed by atoms with van der Waals surface area (Å²) < 4.78 is 0. The summed E-state index contributed by atoms with van der Waals surface area (Å²) in [7, 11) is 0. The minimum absolute atomic E-state index is 0.0161. The Morgan fingerprint density at radius 3 is 2.39 bits per heavy atom. The van der Waals surface area contributed by atoms with Crippen LogP contribution in [0.3, 0.4) is 0 Å². The lowest BCUT2D eigenvalue weighted by molar-refractivity contribution is -0.124. The van der Waals surface area contributed by atoms with E-state index in [2.05, 4.69) is 43.5 Å². The molecule has 18 heavy (non-hydrogen) atoms. The third kappa shape index (κ3) is 3.47. The summed E-state index contributed by atoms with van der Waals surface area (Å²) in [5.74, 6) is 0.621. The van der Waals surface area contributed by atoms with E-state index < -0.39 is 0 Å². The van der Waals surface area contributed by atoms with Crippen molar-refractivity contribution < 1.29 is 4.79 Å². The lowest BCUT2D eigenvalue weighted by Crippen LogP contribution is -2.39. The van der Waals surface area contributed by atoms with Gasteiger partial charge in [0.25, 0.3) is 0 Å². The van der Waals surface area contributed by atoms with Gasteiger partial charge in [0, 0.05) is 18.4 Å². The second-order valence-electron chi connectivity index (χ2n) is 6.36. The number of hydrogen-bond donors (Lipinski definition) is 1. The van der Waals surface area contributed by atoms with Gasteiger partial charge in [-0.05, 0) is 18.3 Å². The van der Waals surface area contributed by atoms with Gasteiger partial charge in [-0.2, -0.15) is 0 Å². The zero-order chi connectivity index (χ0) is 13.0. The van der Waals surface area contributed by atoms with Crippen LogP contribution in [0, 0.1) is 11.3 Å². The van der Waals surface area contributed by atoms with Gasteiger partial charge in [0.1, 0.15) is 0 Å². The van der Waals surface area contributed by atoms with Gasteiger partial charge >= 0.3 is 0 Å². The highest BCUT2D eigenvalue weighted by molar-refractivity contribution is 5.77. The zero-order valence-electron chi connectivity index (χ0n) is 11.6. The Morgan fingerprint density at radius 1 is 1.17 bits per heavy atom. The van der Waals surface area contributed by atoms with Crippen molar-refractivity contribution in [2.45, 2.75) is 58.4 Å². The molecule has 1 N–H and O–H groups in total. The predicted octanol–water partition coefficient (Wildman–Crippen LogP) is 3.59. The first-order valence-electron chi connectivity index (χ1n) is 7.22. The highest BCUT2D eigenvalue weighted by Gasteiger charge is 2.30. The van der Waals surface area contributed by atoms with Crippen molar-refractivity contribution in [1.82, 2.24) is 5.32 Å². The first kappa shape index (κ1) is 13.4. The lowest BCUT2D eigenvalue weighted by atomic mass is 9.76. The summed E-state index contributed by atoms with van der Waals surface area (Å²) in [6.45, 7) is 4.36. The van der Waals surface area contributed by atoms with Gasteiger partial charge < -0.3 is 5.32 Å². The number of hydrogen-bond acceptors (Lipinski definition) is 1. The molecule has 0 unspecified atom stereocenters. The zero-order valence-corrected chi connectivity index (χ0v) is 11.6. The monoisotopic (exact) mass is 247 g/mol. The van der Waals surface area contributed by atoms with Gasteiger partial charge in [0.15, 0.2) is 0 Å². The van der Waals surface area contributed by atoms with Gasteiger partial charge in [-0.1, -0.05) is 57.4 Å². The Morgan fingerprint density at radius 2 is 1.78 bits per heavy atom. The van der Waals surface area contributed by atoms with E-state index in [1.165, 1.54) is 19.3 Å². The fourth-order valence-corrected chi connectivity index (χ4v) is 3.01. The highest BCUT2D eigenvalue weighted by atomic mass is 16.1. The molecule has 2 heteroatoms. The minimum atomic E-state index is 0.0161. The maximum absolute atomic E-state index is 12.1. The molecule has 1 saturated carbocycles. The van der Waals surface area contributed by atoms with E-state index in [4.69, 9.17) is 0 Å². The minimum Gasteiger partial charge on any atom is -0.353 e. The number of rotatable bonds is 4. The van der Waals surface area contributed by atoms with Gasteiger partial charge in [0.2, 0.25) is 5.91 Å². The number of amides is 1. The summed E-state index contributed by atoms with van der Waals surface area (Å²) in [4.78, 5) is 12.1. The fraction of sp³-hybridized carbons (Fsp3) is 0.688. The van der Waals surface area contributed by atoms with Crippen molar-refractivity contribution in [3.8, 4) is 0 Å². The third-order valence-corrected chi connectivity index (χ3v) is 4.24. The first-order valence-corrected chi connectivity index (χ1v) is 7.22. The third-order valence-electron chi connectivity index (χ3n) is 4.24. The summed E-state index contributed by atoms with van der Waals surface area (Å²) in [6, 6.07) is 0.428. The van der Waals surface area contributed by atoms with Crippen LogP contribution >= 0.6 is 0 Å². The lowest BCUT2D eigenvalue weighted by Gasteiger charge is -2.30. The number of carbonyl (C=O) groups excluding carboxylic acids is 1. The quantitative estimate of drug-likeness (QED) is 0.808. The Kier molecular flexibility index (Phi) is 4.26. The molecular weight excluding hydrogens is 222 g/mol. The molecule has 0 atom stereocenters. The molecule has 2 aliphatic rings. The Hall–Kier alpha value is -1.05. The van der Waals surface area contributed by atoms with Crippen LogP contribution in [-0.4, -0.2) is 11.9 Å². The second kappa shape index (κ2) is 5.73. The number of nitrogens with one attached hydrogen (secondary N) is 1. The smallest absolute Gasteiger partial charge is 0.220 e. The molecule has 0 aromatic rings. The summed E-state index contributed by atoms with van der Waals surface area (Å²) in [5, 5.41) is 3.21. The molecule has 0 saturated heterocycles. The molecule has 2 nitrogen and oxygen atoms in total. The van der Waals surface area contributed by atoms with E-state index in [1.807, 2.05) is 0 Å². The molecule has 0 heterocycles. The van der Waals surface area contributed by atoms with Crippen molar-refractivity contribution in [2.24, 2.45) is 11.3 Å². The maximum Gasteiger partial charge on any atom is 0.220 e. The fourth-order valence-electron chi connectivity index (χ4n) is 3.01. The SMILES string of the molecule is CC(C)(CC(=O)NC1CCCCC1)C1C=CC=C1. The second-order valence-corrected chi connectivity index (χ2v) is 6.36. The number of carbonyl (C=O) groups is 1. The van der Waals surface area contributed by atoms with Crippen molar-refractivity contribution in [1.29, 1.82) is 0 Å². The van der Waals surface area contributed by atoms with Crippen LogP contribution < -0.4 is 5.32 Å². The van der Waals surface area contributed by atoms with Crippen LogP contribution in [0.25, 0.3) is 0 Å². The standard InChI is InChI=1S/C16H25NO/c1-16(2,13-8-6-7-9-13)12-15(18)17-14-10-4-3-5-11-14/h6-9,13-14H,3-5,10-12H2,1-2H3,(H,17,18). The maximum atomic E-state index is 12.1. The molecule has 1 amide bonds. The van der Waals surface area contributed by atoms with Crippen molar-refractivity contribution in [3.63, 3.8) is 0 Å². The average molecular weight is 247 g/mol. The summed E-state index contributed by atoms with van der Waals surface area (Å²) in [6.07, 6.45) is 15.3. The molecule has 0 aromatic carbocycles. The van der Waals surface area contributed by atoms with E-state index in [0.717, 1.165) is 12.8 Å².